The molecule has 2 N–H and O–H groups in total. The standard InChI is InChI=1S/C14H14N2O4/c1-17-13-8-3-5-18-12(8)11(7-2-4-19-14(7)13)9-6-10(15)16-20-9/h6H,2-5H2,1H3,(H2,15,16). The molecule has 0 amide bonds. The molecule has 6 heteroatoms. The van der Waals surface area contributed by atoms with E-state index in [1.54, 1.807) is 13.2 Å². The molecule has 3 heterocycles. The molecule has 0 unspecified atom stereocenters. The fourth-order valence-electron chi connectivity index (χ4n) is 2.95. The third-order valence-corrected chi connectivity index (χ3v) is 3.73. The van der Waals surface area contributed by atoms with Crippen molar-refractivity contribution in [2.24, 2.45) is 0 Å². The highest BCUT2D eigenvalue weighted by Gasteiger charge is 2.34. The Morgan fingerprint density at radius 3 is 2.60 bits per heavy atom. The van der Waals surface area contributed by atoms with Crippen molar-refractivity contribution in [3.8, 4) is 28.6 Å². The van der Waals surface area contributed by atoms with Crippen molar-refractivity contribution in [3.05, 3.63) is 17.2 Å². The highest BCUT2D eigenvalue weighted by atomic mass is 16.5. The lowest BCUT2D eigenvalue weighted by Gasteiger charge is -2.14. The van der Waals surface area contributed by atoms with Gasteiger partial charge in [0, 0.05) is 30.0 Å². The van der Waals surface area contributed by atoms with Gasteiger partial charge in [0.2, 0.25) is 0 Å². The Kier molecular flexibility index (Phi) is 2.33. The Labute approximate surface area is 115 Å². The summed E-state index contributed by atoms with van der Waals surface area (Å²) in [4.78, 5) is 0. The van der Waals surface area contributed by atoms with Crippen molar-refractivity contribution < 1.29 is 18.7 Å². The first-order valence-electron chi connectivity index (χ1n) is 6.53. The fraction of sp³-hybridized carbons (Fsp3) is 0.357. The number of ether oxygens (including phenoxy) is 3. The van der Waals surface area contributed by atoms with Crippen LogP contribution in [0, 0.1) is 0 Å². The van der Waals surface area contributed by atoms with Crippen molar-refractivity contribution in [1.29, 1.82) is 0 Å². The van der Waals surface area contributed by atoms with Crippen LogP contribution in [0.5, 0.6) is 17.2 Å². The SMILES string of the molecule is COc1c2c(c(-c3cc(N)no3)c3c1OCC3)OCC2. The van der Waals surface area contributed by atoms with Gasteiger partial charge >= 0.3 is 0 Å². The largest absolute Gasteiger partial charge is 0.492 e. The molecule has 4 rings (SSSR count). The van der Waals surface area contributed by atoms with Gasteiger partial charge in [-0.3, -0.25) is 0 Å². The maximum Gasteiger partial charge on any atom is 0.173 e. The van der Waals surface area contributed by atoms with Crippen LogP contribution in [0.2, 0.25) is 0 Å². The van der Waals surface area contributed by atoms with Crippen LogP contribution in [-0.4, -0.2) is 25.5 Å². The van der Waals surface area contributed by atoms with Crippen LogP contribution in [0.15, 0.2) is 10.6 Å². The second-order valence-corrected chi connectivity index (χ2v) is 4.84. The van der Waals surface area contributed by atoms with Crippen molar-refractivity contribution in [1.82, 2.24) is 5.16 Å². The zero-order chi connectivity index (χ0) is 13.7. The van der Waals surface area contributed by atoms with E-state index in [4.69, 9.17) is 24.5 Å². The molecule has 0 radical (unpaired) electrons. The summed E-state index contributed by atoms with van der Waals surface area (Å²) >= 11 is 0. The van der Waals surface area contributed by atoms with Gasteiger partial charge < -0.3 is 24.5 Å². The molecule has 20 heavy (non-hydrogen) atoms. The normalized spacial score (nSPS) is 15.4. The molecule has 2 aliphatic heterocycles. The summed E-state index contributed by atoms with van der Waals surface area (Å²) in [6.07, 6.45) is 1.59. The van der Waals surface area contributed by atoms with Gasteiger partial charge in [0.25, 0.3) is 0 Å². The summed E-state index contributed by atoms with van der Waals surface area (Å²) in [6, 6.07) is 1.71. The number of benzene rings is 1. The first-order chi connectivity index (χ1) is 9.79. The van der Waals surface area contributed by atoms with E-state index in [1.807, 2.05) is 0 Å². The smallest absolute Gasteiger partial charge is 0.173 e. The van der Waals surface area contributed by atoms with E-state index in [9.17, 15) is 0 Å². The van der Waals surface area contributed by atoms with Crippen LogP contribution < -0.4 is 19.9 Å². The molecular weight excluding hydrogens is 260 g/mol. The zero-order valence-electron chi connectivity index (χ0n) is 11.1. The van der Waals surface area contributed by atoms with E-state index < -0.39 is 0 Å². The Hall–Kier alpha value is -2.37. The molecule has 0 bridgehead atoms. The van der Waals surface area contributed by atoms with Crippen LogP contribution in [0.4, 0.5) is 5.82 Å². The highest BCUT2D eigenvalue weighted by molar-refractivity contribution is 5.81. The second-order valence-electron chi connectivity index (χ2n) is 4.84. The monoisotopic (exact) mass is 274 g/mol. The maximum atomic E-state index is 5.80. The van der Waals surface area contributed by atoms with Gasteiger partial charge in [-0.05, 0) is 0 Å². The molecule has 2 aliphatic rings. The first-order valence-corrected chi connectivity index (χ1v) is 6.53. The predicted molar refractivity (Wildman–Crippen MR) is 71.3 cm³/mol. The molecule has 0 fully saturated rings. The van der Waals surface area contributed by atoms with Crippen LogP contribution >= 0.6 is 0 Å². The zero-order valence-corrected chi connectivity index (χ0v) is 11.1. The van der Waals surface area contributed by atoms with Gasteiger partial charge in [0.1, 0.15) is 5.75 Å². The van der Waals surface area contributed by atoms with E-state index >= 15 is 0 Å². The number of methoxy groups -OCH3 is 1. The van der Waals surface area contributed by atoms with Crippen molar-refractivity contribution in [2.45, 2.75) is 12.8 Å². The van der Waals surface area contributed by atoms with E-state index in [0.29, 0.717) is 24.8 Å². The first kappa shape index (κ1) is 11.5. The van der Waals surface area contributed by atoms with E-state index in [2.05, 4.69) is 5.16 Å². The van der Waals surface area contributed by atoms with E-state index in [1.165, 1.54) is 0 Å². The number of hydrogen-bond acceptors (Lipinski definition) is 6. The number of rotatable bonds is 2. The lowest BCUT2D eigenvalue weighted by atomic mass is 9.96. The molecule has 0 atom stereocenters. The minimum atomic E-state index is 0.357. The summed E-state index contributed by atoms with van der Waals surface area (Å²) in [7, 11) is 1.65. The predicted octanol–water partition coefficient (Wildman–Crippen LogP) is 1.80. The molecule has 0 aliphatic carbocycles. The number of anilines is 1. The Morgan fingerprint density at radius 2 is 1.90 bits per heavy atom. The maximum absolute atomic E-state index is 5.80. The quantitative estimate of drug-likeness (QED) is 0.899. The molecule has 2 aromatic rings. The average molecular weight is 274 g/mol. The van der Waals surface area contributed by atoms with Crippen molar-refractivity contribution >= 4 is 5.82 Å². The summed E-state index contributed by atoms with van der Waals surface area (Å²) in [5, 5.41) is 3.76. The van der Waals surface area contributed by atoms with E-state index in [-0.39, 0.29) is 0 Å². The van der Waals surface area contributed by atoms with Gasteiger partial charge in [-0.25, -0.2) is 0 Å². The number of hydrogen-bond donors (Lipinski definition) is 1. The number of aromatic nitrogens is 1. The number of fused-ring (bicyclic) bond motifs is 2. The topological polar surface area (TPSA) is 79.7 Å². The minimum absolute atomic E-state index is 0.357. The molecule has 104 valence electrons. The average Bonchev–Trinajstić information content (AvgIpc) is 3.15. The Balaban J connectivity index is 2.04. The number of nitrogens with two attached hydrogens (primary N) is 1. The number of nitrogens with zero attached hydrogens (tertiary/aromatic N) is 1. The minimum Gasteiger partial charge on any atom is -0.492 e. The van der Waals surface area contributed by atoms with E-state index in [0.717, 1.165) is 46.8 Å². The highest BCUT2D eigenvalue weighted by Crippen LogP contribution is 2.52. The summed E-state index contributed by atoms with van der Waals surface area (Å²) in [5.41, 5.74) is 8.63. The third kappa shape index (κ3) is 1.41. The molecule has 6 nitrogen and oxygen atoms in total. The van der Waals surface area contributed by atoms with Crippen LogP contribution in [0.25, 0.3) is 11.3 Å². The summed E-state index contributed by atoms with van der Waals surface area (Å²) < 4.78 is 22.4. The van der Waals surface area contributed by atoms with Gasteiger partial charge in [-0.15, -0.1) is 0 Å². The lowest BCUT2D eigenvalue weighted by molar-refractivity contribution is 0.324. The Morgan fingerprint density at radius 1 is 1.15 bits per heavy atom. The lowest BCUT2D eigenvalue weighted by Crippen LogP contribution is -1.96. The van der Waals surface area contributed by atoms with Crippen molar-refractivity contribution in [3.63, 3.8) is 0 Å². The third-order valence-electron chi connectivity index (χ3n) is 3.73. The fourth-order valence-corrected chi connectivity index (χ4v) is 2.95. The van der Waals surface area contributed by atoms with Gasteiger partial charge in [0.05, 0.1) is 25.9 Å². The molecule has 0 spiro atoms. The molecule has 1 aromatic carbocycles. The molecule has 0 saturated heterocycles. The molecule has 0 saturated carbocycles. The van der Waals surface area contributed by atoms with Gasteiger partial charge in [0.15, 0.2) is 23.1 Å². The van der Waals surface area contributed by atoms with Crippen molar-refractivity contribution in [2.75, 3.05) is 26.1 Å². The van der Waals surface area contributed by atoms with Crippen LogP contribution in [0.1, 0.15) is 11.1 Å². The van der Waals surface area contributed by atoms with Gasteiger partial charge in [-0.2, -0.15) is 0 Å². The summed E-state index contributed by atoms with van der Waals surface area (Å²) in [5.74, 6) is 3.35. The Bertz CT molecular complexity index is 658. The summed E-state index contributed by atoms with van der Waals surface area (Å²) in [6.45, 7) is 1.26. The molecular formula is C14H14N2O4. The molecule has 1 aromatic heterocycles. The van der Waals surface area contributed by atoms with Crippen LogP contribution in [-0.2, 0) is 12.8 Å². The van der Waals surface area contributed by atoms with Crippen LogP contribution in [0.3, 0.4) is 0 Å². The van der Waals surface area contributed by atoms with Gasteiger partial charge in [-0.1, -0.05) is 5.16 Å². The second kappa shape index (κ2) is 4.06. The number of nitrogen functional groups attached to an aromatic ring is 1.